The van der Waals surface area contributed by atoms with Crippen LogP contribution in [-0.2, 0) is 4.79 Å². The lowest BCUT2D eigenvalue weighted by Crippen LogP contribution is -2.47. The molecule has 0 spiro atoms. The average Bonchev–Trinajstić information content (AvgIpc) is 2.56. The Balaban J connectivity index is 2.14. The Kier molecular flexibility index (Phi) is 5.85. The topological polar surface area (TPSA) is 58.2 Å². The second-order valence-electron chi connectivity index (χ2n) is 6.15. The molecule has 0 bridgehead atoms. The highest BCUT2D eigenvalue weighted by Crippen LogP contribution is 2.17. The van der Waals surface area contributed by atoms with Gasteiger partial charge in [0.2, 0.25) is 5.91 Å². The number of hydrogen-bond acceptors (Lipinski definition) is 2. The lowest BCUT2D eigenvalue weighted by Gasteiger charge is -2.22. The van der Waals surface area contributed by atoms with Crippen LogP contribution in [0.2, 0.25) is 0 Å². The molecule has 2 N–H and O–H groups in total. The lowest BCUT2D eigenvalue weighted by molar-refractivity contribution is -0.118. The monoisotopic (exact) mass is 346 g/mol. The summed E-state index contributed by atoms with van der Waals surface area (Å²) < 4.78 is 26.3. The van der Waals surface area contributed by atoms with Gasteiger partial charge in [0.25, 0.3) is 5.91 Å². The van der Waals surface area contributed by atoms with E-state index in [-0.39, 0.29) is 11.5 Å². The minimum atomic E-state index is -0.819. The maximum atomic E-state index is 13.4. The van der Waals surface area contributed by atoms with Gasteiger partial charge in [-0.25, -0.2) is 8.78 Å². The third-order valence-electron chi connectivity index (χ3n) is 3.80. The summed E-state index contributed by atoms with van der Waals surface area (Å²) >= 11 is 0. The van der Waals surface area contributed by atoms with Crippen molar-refractivity contribution in [3.8, 4) is 0 Å². The Hall–Kier alpha value is -2.76. The van der Waals surface area contributed by atoms with Gasteiger partial charge in [0.15, 0.2) is 0 Å². The molecule has 0 radical (unpaired) electrons. The second kappa shape index (κ2) is 7.88. The molecular formula is C19H20F2N2O2. The van der Waals surface area contributed by atoms with Crippen molar-refractivity contribution in [1.29, 1.82) is 0 Å². The van der Waals surface area contributed by atoms with Gasteiger partial charge in [0.1, 0.15) is 17.7 Å². The molecule has 2 rings (SSSR count). The van der Waals surface area contributed by atoms with E-state index in [1.165, 1.54) is 36.4 Å². The maximum absolute atomic E-state index is 13.4. The van der Waals surface area contributed by atoms with Crippen molar-refractivity contribution in [1.82, 2.24) is 5.32 Å². The molecule has 4 nitrogen and oxygen atoms in total. The quantitative estimate of drug-likeness (QED) is 0.868. The van der Waals surface area contributed by atoms with Crippen LogP contribution in [0, 0.1) is 24.5 Å². The molecule has 2 aromatic carbocycles. The number of benzene rings is 2. The molecule has 25 heavy (non-hydrogen) atoms. The number of rotatable bonds is 5. The van der Waals surface area contributed by atoms with Gasteiger partial charge in [-0.3, -0.25) is 9.59 Å². The number of carbonyl (C=O) groups is 2. The van der Waals surface area contributed by atoms with Crippen molar-refractivity contribution in [2.24, 2.45) is 5.92 Å². The van der Waals surface area contributed by atoms with E-state index in [4.69, 9.17) is 0 Å². The van der Waals surface area contributed by atoms with Crippen molar-refractivity contribution < 1.29 is 18.4 Å². The summed E-state index contributed by atoms with van der Waals surface area (Å²) in [5, 5.41) is 5.28. The molecule has 0 aliphatic rings. The highest BCUT2D eigenvalue weighted by atomic mass is 19.1. The van der Waals surface area contributed by atoms with Crippen LogP contribution in [0.25, 0.3) is 0 Å². The zero-order valence-corrected chi connectivity index (χ0v) is 14.3. The van der Waals surface area contributed by atoms with E-state index < -0.39 is 29.5 Å². The van der Waals surface area contributed by atoms with Crippen molar-refractivity contribution >= 4 is 17.5 Å². The molecule has 1 unspecified atom stereocenters. The first-order valence-electron chi connectivity index (χ1n) is 7.91. The van der Waals surface area contributed by atoms with Crippen LogP contribution in [-0.4, -0.2) is 17.9 Å². The SMILES string of the molecule is Cc1ccc(F)cc1NC(=O)C(NC(=O)c1ccc(F)cc1)C(C)C. The average molecular weight is 346 g/mol. The summed E-state index contributed by atoms with van der Waals surface area (Å²) in [5.74, 6) is -2.03. The first-order valence-corrected chi connectivity index (χ1v) is 7.91. The maximum Gasteiger partial charge on any atom is 0.251 e. The van der Waals surface area contributed by atoms with E-state index in [0.717, 1.165) is 0 Å². The Morgan fingerprint density at radius 2 is 1.56 bits per heavy atom. The third-order valence-corrected chi connectivity index (χ3v) is 3.80. The van der Waals surface area contributed by atoms with Gasteiger partial charge in [-0.05, 0) is 54.8 Å². The summed E-state index contributed by atoms with van der Waals surface area (Å²) in [6.45, 7) is 5.32. The van der Waals surface area contributed by atoms with Crippen LogP contribution in [0.5, 0.6) is 0 Å². The summed E-state index contributed by atoms with van der Waals surface area (Å²) in [6.07, 6.45) is 0. The van der Waals surface area contributed by atoms with Crippen LogP contribution in [0.1, 0.15) is 29.8 Å². The number of carbonyl (C=O) groups excluding carboxylic acids is 2. The Labute approximate surface area is 145 Å². The van der Waals surface area contributed by atoms with Gasteiger partial charge in [0.05, 0.1) is 0 Å². The van der Waals surface area contributed by atoms with Gasteiger partial charge in [0, 0.05) is 11.3 Å². The van der Waals surface area contributed by atoms with Gasteiger partial charge >= 0.3 is 0 Å². The lowest BCUT2D eigenvalue weighted by atomic mass is 10.0. The van der Waals surface area contributed by atoms with E-state index in [1.54, 1.807) is 26.8 Å². The molecule has 0 saturated heterocycles. The number of halogens is 2. The van der Waals surface area contributed by atoms with Crippen LogP contribution < -0.4 is 10.6 Å². The van der Waals surface area contributed by atoms with Crippen LogP contribution in [0.3, 0.4) is 0 Å². The predicted octanol–water partition coefficient (Wildman–Crippen LogP) is 3.67. The minimum absolute atomic E-state index is 0.196. The highest BCUT2D eigenvalue weighted by molar-refractivity contribution is 6.01. The fourth-order valence-corrected chi connectivity index (χ4v) is 2.30. The van der Waals surface area contributed by atoms with Crippen molar-refractivity contribution in [2.75, 3.05) is 5.32 Å². The number of nitrogens with one attached hydrogen (secondary N) is 2. The second-order valence-corrected chi connectivity index (χ2v) is 6.15. The fourth-order valence-electron chi connectivity index (χ4n) is 2.30. The number of aryl methyl sites for hydroxylation is 1. The van der Waals surface area contributed by atoms with E-state index in [1.807, 2.05) is 0 Å². The highest BCUT2D eigenvalue weighted by Gasteiger charge is 2.25. The molecule has 6 heteroatoms. The molecule has 0 heterocycles. The zero-order valence-electron chi connectivity index (χ0n) is 14.3. The van der Waals surface area contributed by atoms with E-state index in [0.29, 0.717) is 11.3 Å². The molecule has 0 fully saturated rings. The van der Waals surface area contributed by atoms with E-state index in [9.17, 15) is 18.4 Å². The molecule has 0 aliphatic heterocycles. The van der Waals surface area contributed by atoms with Gasteiger partial charge in [-0.2, -0.15) is 0 Å². The van der Waals surface area contributed by atoms with Crippen LogP contribution in [0.4, 0.5) is 14.5 Å². The molecule has 0 saturated carbocycles. The van der Waals surface area contributed by atoms with Crippen LogP contribution >= 0.6 is 0 Å². The minimum Gasteiger partial charge on any atom is -0.340 e. The van der Waals surface area contributed by atoms with Gasteiger partial charge < -0.3 is 10.6 Å². The molecular weight excluding hydrogens is 326 g/mol. The van der Waals surface area contributed by atoms with Crippen molar-refractivity contribution in [2.45, 2.75) is 26.8 Å². The molecule has 2 aromatic rings. The van der Waals surface area contributed by atoms with Crippen molar-refractivity contribution in [3.63, 3.8) is 0 Å². The fraction of sp³-hybridized carbons (Fsp3) is 0.263. The third kappa shape index (κ3) is 4.86. The summed E-state index contributed by atoms with van der Waals surface area (Å²) in [5.41, 5.74) is 1.32. The first kappa shape index (κ1) is 18.6. The number of amides is 2. The normalized spacial score (nSPS) is 11.9. The Bertz CT molecular complexity index is 773. The largest absolute Gasteiger partial charge is 0.340 e. The number of anilines is 1. The van der Waals surface area contributed by atoms with Crippen LogP contribution in [0.15, 0.2) is 42.5 Å². The summed E-state index contributed by atoms with van der Waals surface area (Å²) in [4.78, 5) is 24.8. The summed E-state index contributed by atoms with van der Waals surface area (Å²) in [7, 11) is 0. The van der Waals surface area contributed by atoms with E-state index >= 15 is 0 Å². The molecule has 132 valence electrons. The molecule has 2 amide bonds. The Morgan fingerprint density at radius 1 is 0.960 bits per heavy atom. The van der Waals surface area contributed by atoms with Gasteiger partial charge in [-0.1, -0.05) is 19.9 Å². The number of hydrogen-bond donors (Lipinski definition) is 2. The Morgan fingerprint density at radius 3 is 2.16 bits per heavy atom. The smallest absolute Gasteiger partial charge is 0.251 e. The van der Waals surface area contributed by atoms with Gasteiger partial charge in [-0.15, -0.1) is 0 Å². The van der Waals surface area contributed by atoms with E-state index in [2.05, 4.69) is 10.6 Å². The van der Waals surface area contributed by atoms with Crippen molar-refractivity contribution in [3.05, 3.63) is 65.2 Å². The summed E-state index contributed by atoms with van der Waals surface area (Å²) in [6, 6.07) is 8.32. The standard InChI is InChI=1S/C19H20F2N2O2/c1-11(2)17(23-18(24)13-5-8-14(20)9-6-13)19(25)22-16-10-15(21)7-4-12(16)3/h4-11,17H,1-3H3,(H,22,25)(H,23,24). The molecule has 0 aromatic heterocycles. The first-order chi connectivity index (χ1) is 11.8. The zero-order chi connectivity index (χ0) is 18.6. The molecule has 0 aliphatic carbocycles. The molecule has 1 atom stereocenters. The predicted molar refractivity (Wildman–Crippen MR) is 92.3 cm³/mol.